The van der Waals surface area contributed by atoms with Crippen molar-refractivity contribution in [2.24, 2.45) is 50.7 Å². The molecule has 258 valence electrons. The first kappa shape index (κ1) is 34.9. The summed E-state index contributed by atoms with van der Waals surface area (Å²) in [6.07, 6.45) is 7.74. The first-order chi connectivity index (χ1) is 21.1. The van der Waals surface area contributed by atoms with Gasteiger partial charge in [0, 0.05) is 25.9 Å². The Morgan fingerprint density at radius 2 is 1.59 bits per heavy atom. The van der Waals surface area contributed by atoms with E-state index >= 15 is 0 Å². The lowest BCUT2D eigenvalue weighted by Gasteiger charge is -2.72. The average Bonchev–Trinajstić information content (AvgIpc) is 3.22. The predicted octanol–water partition coefficient (Wildman–Crippen LogP) is 7.40. The Bertz CT molecular complexity index is 1350. The molecule has 8 nitrogen and oxygen atoms in total. The van der Waals surface area contributed by atoms with Crippen LogP contribution < -0.4 is 5.32 Å². The van der Waals surface area contributed by atoms with Crippen LogP contribution in [0, 0.1) is 50.7 Å². The van der Waals surface area contributed by atoms with Crippen LogP contribution in [0.1, 0.15) is 127 Å². The number of allylic oxidation sites excluding steroid dienone is 1. The second-order valence-electron chi connectivity index (χ2n) is 18.3. The van der Waals surface area contributed by atoms with Crippen LogP contribution in [-0.4, -0.2) is 59.5 Å². The number of ketones is 1. The Morgan fingerprint density at radius 3 is 2.17 bits per heavy atom. The summed E-state index contributed by atoms with van der Waals surface area (Å²) in [5, 5.41) is 12.9. The highest BCUT2D eigenvalue weighted by Crippen LogP contribution is 2.75. The van der Waals surface area contributed by atoms with Crippen molar-refractivity contribution in [2.75, 3.05) is 14.1 Å². The Hall–Kier alpha value is -2.38. The summed E-state index contributed by atoms with van der Waals surface area (Å²) in [7, 11) is 3.53. The van der Waals surface area contributed by atoms with Gasteiger partial charge in [-0.3, -0.25) is 14.4 Å². The molecule has 5 aliphatic carbocycles. The number of nitrogens with zero attached hydrogens (tertiary/aromatic N) is 1. The van der Waals surface area contributed by atoms with Gasteiger partial charge in [0.15, 0.2) is 5.78 Å². The van der Waals surface area contributed by atoms with E-state index in [4.69, 9.17) is 4.74 Å². The molecule has 5 aliphatic rings. The molecule has 3 unspecified atom stereocenters. The summed E-state index contributed by atoms with van der Waals surface area (Å²) in [4.78, 5) is 53.1. The molecule has 46 heavy (non-hydrogen) atoms. The monoisotopic (exact) mass is 640 g/mol. The molecule has 0 radical (unpaired) electrons. The van der Waals surface area contributed by atoms with Gasteiger partial charge in [0.2, 0.25) is 0 Å². The fraction of sp³-hybridized carbons (Fsp3) is 0.842. The summed E-state index contributed by atoms with van der Waals surface area (Å²) in [5.74, 6) is 0.0175. The maximum Gasteiger partial charge on any atom is 0.317 e. The lowest BCUT2D eigenvalue weighted by atomic mass is 9.33. The third kappa shape index (κ3) is 4.96. The summed E-state index contributed by atoms with van der Waals surface area (Å²) in [6.45, 7) is 19.5. The van der Waals surface area contributed by atoms with Crippen molar-refractivity contribution in [1.82, 2.24) is 10.2 Å². The van der Waals surface area contributed by atoms with Gasteiger partial charge < -0.3 is 20.1 Å². The van der Waals surface area contributed by atoms with Crippen molar-refractivity contribution in [2.45, 2.75) is 138 Å². The molecule has 4 fully saturated rings. The predicted molar refractivity (Wildman–Crippen MR) is 178 cm³/mol. The van der Waals surface area contributed by atoms with Gasteiger partial charge in [0.1, 0.15) is 6.10 Å². The van der Waals surface area contributed by atoms with Crippen LogP contribution in [0.5, 0.6) is 0 Å². The molecular weight excluding hydrogens is 580 g/mol. The maximum atomic E-state index is 13.7. The highest BCUT2D eigenvalue weighted by Gasteiger charge is 2.70. The molecule has 8 heteroatoms. The first-order valence-corrected chi connectivity index (χ1v) is 17.8. The third-order valence-corrected chi connectivity index (χ3v) is 14.6. The minimum absolute atomic E-state index is 0.00773. The summed E-state index contributed by atoms with van der Waals surface area (Å²) >= 11 is 0. The quantitative estimate of drug-likeness (QED) is 0.293. The van der Waals surface area contributed by atoms with E-state index in [9.17, 15) is 24.3 Å². The number of hydrogen-bond donors (Lipinski definition) is 2. The van der Waals surface area contributed by atoms with Crippen LogP contribution in [-0.2, 0) is 19.1 Å². The molecule has 0 aromatic heterocycles. The third-order valence-electron chi connectivity index (χ3n) is 14.6. The summed E-state index contributed by atoms with van der Waals surface area (Å²) in [5.41, 5.74) is 0.339. The number of carboxylic acid groups (broad SMARTS) is 1. The fourth-order valence-corrected chi connectivity index (χ4v) is 11.9. The lowest BCUT2D eigenvalue weighted by molar-refractivity contribution is -0.232. The van der Waals surface area contributed by atoms with E-state index in [1.54, 1.807) is 32.8 Å². The van der Waals surface area contributed by atoms with E-state index in [1.165, 1.54) is 5.57 Å². The van der Waals surface area contributed by atoms with Crippen LogP contribution in [0.15, 0.2) is 11.1 Å². The van der Waals surface area contributed by atoms with Gasteiger partial charge in [-0.15, -0.1) is 0 Å². The number of carbonyl (C=O) groups excluding carboxylic acids is 3. The molecule has 2 N–H and O–H groups in total. The van der Waals surface area contributed by atoms with Crippen LogP contribution in [0.2, 0.25) is 0 Å². The Kier molecular flexibility index (Phi) is 8.42. The molecule has 4 saturated carbocycles. The van der Waals surface area contributed by atoms with Gasteiger partial charge in [0.05, 0.1) is 17.4 Å². The van der Waals surface area contributed by atoms with Gasteiger partial charge in [-0.25, -0.2) is 4.79 Å². The van der Waals surface area contributed by atoms with Crippen LogP contribution in [0.4, 0.5) is 4.79 Å². The van der Waals surface area contributed by atoms with Crippen molar-refractivity contribution in [3.05, 3.63) is 11.1 Å². The normalized spacial score (nSPS) is 40.0. The van der Waals surface area contributed by atoms with Crippen LogP contribution >= 0.6 is 0 Å². The molecule has 0 aliphatic heterocycles. The van der Waals surface area contributed by atoms with E-state index in [0.29, 0.717) is 18.3 Å². The SMILES string of the molecule is CC(C)C1=C2C3CCC4[C@@]5(C)CC[C@H](OC(=O)CC(C)(C)C(=O)O)C(C)(C)C5CC[C@@]4(C)[C@]3(C)CC[C@@]2(NC(=O)N(C)C)CC1=O. The van der Waals surface area contributed by atoms with E-state index in [2.05, 4.69) is 53.8 Å². The van der Waals surface area contributed by atoms with Crippen molar-refractivity contribution >= 4 is 23.8 Å². The Labute approximate surface area is 276 Å². The number of esters is 1. The maximum absolute atomic E-state index is 13.7. The first-order valence-electron chi connectivity index (χ1n) is 17.8. The van der Waals surface area contributed by atoms with Crippen LogP contribution in [0.3, 0.4) is 0 Å². The van der Waals surface area contributed by atoms with Crippen molar-refractivity contribution < 1.29 is 29.0 Å². The zero-order valence-electron chi connectivity index (χ0n) is 30.4. The van der Waals surface area contributed by atoms with Crippen molar-refractivity contribution in [1.29, 1.82) is 0 Å². The number of aliphatic carboxylic acids is 1. The van der Waals surface area contributed by atoms with E-state index in [-0.39, 0.29) is 57.8 Å². The van der Waals surface area contributed by atoms with Gasteiger partial charge in [-0.05, 0) is 116 Å². The van der Waals surface area contributed by atoms with E-state index in [1.807, 2.05) is 0 Å². The number of carbonyl (C=O) groups is 4. The Morgan fingerprint density at radius 1 is 0.935 bits per heavy atom. The largest absolute Gasteiger partial charge is 0.481 e. The zero-order valence-corrected chi connectivity index (χ0v) is 30.4. The molecule has 0 aromatic rings. The van der Waals surface area contributed by atoms with Gasteiger partial charge in [-0.2, -0.15) is 0 Å². The van der Waals surface area contributed by atoms with Crippen molar-refractivity contribution in [3.63, 3.8) is 0 Å². The van der Waals surface area contributed by atoms with Gasteiger partial charge in [0.25, 0.3) is 0 Å². The van der Waals surface area contributed by atoms with Crippen molar-refractivity contribution in [3.8, 4) is 0 Å². The second-order valence-corrected chi connectivity index (χ2v) is 18.3. The summed E-state index contributed by atoms with van der Waals surface area (Å²) in [6, 6.07) is -0.127. The van der Waals surface area contributed by atoms with Gasteiger partial charge >= 0.3 is 18.0 Å². The zero-order chi connectivity index (χ0) is 34.4. The van der Waals surface area contributed by atoms with Crippen LogP contribution in [0.25, 0.3) is 0 Å². The molecule has 0 aromatic carbocycles. The highest BCUT2D eigenvalue weighted by atomic mass is 16.5. The number of urea groups is 1. The molecule has 0 bridgehead atoms. The molecule has 0 saturated heterocycles. The standard InChI is InChI=1S/C38H60N2O6/c1-22(2)29-24(41)20-38(39-32(45)40(10)11)19-18-36(8)23(30(29)38)12-13-26-35(7)16-15-27(46-28(42)21-33(3,4)31(43)44)34(5,6)25(35)14-17-37(26,36)9/h22-23,25-27H,12-21H2,1-11H3,(H,39,45)(H,43,44)/t23?,25?,26?,27-,35-,36+,37+,38+/m0/s1. The molecule has 2 amide bonds. The fourth-order valence-electron chi connectivity index (χ4n) is 11.9. The summed E-state index contributed by atoms with van der Waals surface area (Å²) < 4.78 is 6.13. The molecule has 5 rings (SSSR count). The average molecular weight is 641 g/mol. The molecule has 0 heterocycles. The molecule has 0 spiro atoms. The molecule has 8 atom stereocenters. The van der Waals surface area contributed by atoms with Gasteiger partial charge in [-0.1, -0.05) is 48.5 Å². The lowest BCUT2D eigenvalue weighted by Crippen LogP contribution is -2.67. The smallest absolute Gasteiger partial charge is 0.317 e. The molecular formula is C38H60N2O6. The minimum atomic E-state index is -1.16. The highest BCUT2D eigenvalue weighted by molar-refractivity contribution is 6.02. The number of Topliss-reactive ketones (excluding diaryl/α,β-unsaturated/α-hetero) is 1. The number of carboxylic acids is 1. The number of hydrogen-bond acceptors (Lipinski definition) is 5. The number of nitrogens with one attached hydrogen (secondary N) is 1. The number of rotatable bonds is 6. The van der Waals surface area contributed by atoms with E-state index in [0.717, 1.165) is 56.9 Å². The second kappa shape index (κ2) is 11.1. The van der Waals surface area contributed by atoms with E-state index < -0.39 is 22.9 Å². The minimum Gasteiger partial charge on any atom is -0.481 e. The number of ether oxygens (including phenoxy) is 1. The number of amides is 2. The topological polar surface area (TPSA) is 113 Å². The Balaban J connectivity index is 1.46. The number of fused-ring (bicyclic) bond motifs is 7.